The Morgan fingerprint density at radius 2 is 1.67 bits per heavy atom. The molecule has 1 heterocycles. The lowest BCUT2D eigenvalue weighted by Crippen LogP contribution is -2.38. The first-order chi connectivity index (χ1) is 15.9. The minimum atomic E-state index is 0.00459. The largest absolute Gasteiger partial charge is 0.493 e. The van der Waals surface area contributed by atoms with Gasteiger partial charge in [0.2, 0.25) is 0 Å². The summed E-state index contributed by atoms with van der Waals surface area (Å²) in [5.41, 5.74) is 3.39. The van der Waals surface area contributed by atoms with E-state index in [1.165, 1.54) is 0 Å². The summed E-state index contributed by atoms with van der Waals surface area (Å²) in [5, 5.41) is 6.80. The van der Waals surface area contributed by atoms with E-state index in [4.69, 9.17) is 4.74 Å². The van der Waals surface area contributed by atoms with E-state index in [2.05, 4.69) is 72.8 Å². The van der Waals surface area contributed by atoms with Crippen LogP contribution >= 0.6 is 0 Å². The van der Waals surface area contributed by atoms with E-state index >= 15 is 0 Å². The van der Waals surface area contributed by atoms with Crippen molar-refractivity contribution >= 4 is 5.96 Å². The molecule has 0 radical (unpaired) electrons. The molecule has 0 aliphatic rings. The standard InChI is InChI=1S/C27H34N4O2/c1-20(2)19-33-25-14-12-24(13-15-25)21(3)30-27(28-4)29-17-22-8-10-23(11-9-22)18-31-16-6-5-7-26(31)32/h5-16,20-21H,17-19H2,1-4H3,(H2,28,29,30). The number of guanidine groups is 1. The Balaban J connectivity index is 1.50. The quantitative estimate of drug-likeness (QED) is 0.379. The molecule has 6 heteroatoms. The van der Waals surface area contributed by atoms with Crippen LogP contribution in [0.25, 0.3) is 0 Å². The number of pyridine rings is 1. The molecule has 0 spiro atoms. The van der Waals surface area contributed by atoms with Gasteiger partial charge in [0, 0.05) is 25.9 Å². The fraction of sp³-hybridized carbons (Fsp3) is 0.333. The molecule has 1 unspecified atom stereocenters. The Morgan fingerprint density at radius 3 is 2.30 bits per heavy atom. The molecule has 0 bridgehead atoms. The Hall–Kier alpha value is -3.54. The minimum absolute atomic E-state index is 0.00459. The van der Waals surface area contributed by atoms with E-state index in [1.807, 2.05) is 18.2 Å². The number of ether oxygens (including phenoxy) is 1. The third kappa shape index (κ3) is 7.52. The first-order valence-electron chi connectivity index (χ1n) is 11.4. The van der Waals surface area contributed by atoms with Crippen LogP contribution in [-0.4, -0.2) is 24.2 Å². The van der Waals surface area contributed by atoms with Crippen molar-refractivity contribution in [3.63, 3.8) is 0 Å². The molecule has 0 amide bonds. The van der Waals surface area contributed by atoms with Crippen molar-refractivity contribution < 1.29 is 4.74 Å². The molecule has 0 saturated heterocycles. The van der Waals surface area contributed by atoms with Gasteiger partial charge in [-0.3, -0.25) is 9.79 Å². The fourth-order valence-electron chi connectivity index (χ4n) is 3.33. The molecule has 0 aliphatic heterocycles. The lowest BCUT2D eigenvalue weighted by Gasteiger charge is -2.19. The topological polar surface area (TPSA) is 67.7 Å². The van der Waals surface area contributed by atoms with E-state index < -0.39 is 0 Å². The van der Waals surface area contributed by atoms with Crippen LogP contribution in [0.3, 0.4) is 0 Å². The van der Waals surface area contributed by atoms with Crippen LogP contribution in [-0.2, 0) is 13.1 Å². The molecule has 2 N–H and O–H groups in total. The van der Waals surface area contributed by atoms with E-state index in [0.717, 1.165) is 35.0 Å². The number of aliphatic imine (C=N–C) groups is 1. The van der Waals surface area contributed by atoms with Gasteiger partial charge in [0.15, 0.2) is 5.96 Å². The number of hydrogen-bond donors (Lipinski definition) is 2. The molecule has 1 atom stereocenters. The second-order valence-electron chi connectivity index (χ2n) is 8.55. The molecule has 1 aromatic heterocycles. The molecular formula is C27H34N4O2. The Kier molecular flexibility index (Phi) is 8.70. The summed E-state index contributed by atoms with van der Waals surface area (Å²) in [6.07, 6.45) is 1.81. The lowest BCUT2D eigenvalue weighted by atomic mass is 10.1. The van der Waals surface area contributed by atoms with Crippen LogP contribution in [0, 0.1) is 5.92 Å². The summed E-state index contributed by atoms with van der Waals surface area (Å²) < 4.78 is 7.46. The van der Waals surface area contributed by atoms with Gasteiger partial charge in [-0.2, -0.15) is 0 Å². The molecule has 2 aromatic carbocycles. The Morgan fingerprint density at radius 1 is 0.970 bits per heavy atom. The number of rotatable bonds is 9. The van der Waals surface area contributed by atoms with Crippen molar-refractivity contribution in [2.75, 3.05) is 13.7 Å². The molecule has 174 valence electrons. The first kappa shape index (κ1) is 24.1. The minimum Gasteiger partial charge on any atom is -0.493 e. The smallest absolute Gasteiger partial charge is 0.250 e. The molecule has 0 aliphatic carbocycles. The first-order valence-corrected chi connectivity index (χ1v) is 11.4. The highest BCUT2D eigenvalue weighted by atomic mass is 16.5. The van der Waals surface area contributed by atoms with Crippen molar-refractivity contribution in [2.24, 2.45) is 10.9 Å². The maximum Gasteiger partial charge on any atom is 0.250 e. The summed E-state index contributed by atoms with van der Waals surface area (Å²) in [7, 11) is 1.77. The Bertz CT molecular complexity index is 1090. The summed E-state index contributed by atoms with van der Waals surface area (Å²) in [4.78, 5) is 16.2. The zero-order valence-corrected chi connectivity index (χ0v) is 19.9. The van der Waals surface area contributed by atoms with E-state index in [1.54, 1.807) is 29.9 Å². The number of nitrogens with zero attached hydrogens (tertiary/aromatic N) is 2. The maximum absolute atomic E-state index is 11.9. The maximum atomic E-state index is 11.9. The molecule has 3 aromatic rings. The van der Waals surface area contributed by atoms with Crippen molar-refractivity contribution in [1.82, 2.24) is 15.2 Å². The molecule has 0 saturated carbocycles. The summed E-state index contributed by atoms with van der Waals surface area (Å²) in [6.45, 7) is 8.32. The van der Waals surface area contributed by atoms with E-state index in [-0.39, 0.29) is 11.6 Å². The normalized spacial score (nSPS) is 12.5. The van der Waals surface area contributed by atoms with Gasteiger partial charge in [-0.15, -0.1) is 0 Å². The zero-order valence-electron chi connectivity index (χ0n) is 19.9. The van der Waals surface area contributed by atoms with Gasteiger partial charge in [0.05, 0.1) is 19.2 Å². The highest BCUT2D eigenvalue weighted by molar-refractivity contribution is 5.80. The highest BCUT2D eigenvalue weighted by Gasteiger charge is 2.08. The van der Waals surface area contributed by atoms with Gasteiger partial charge in [-0.1, -0.05) is 56.3 Å². The predicted octanol–water partition coefficient (Wildman–Crippen LogP) is 4.36. The average molecular weight is 447 g/mol. The molecular weight excluding hydrogens is 412 g/mol. The van der Waals surface area contributed by atoms with Crippen LogP contribution in [0.1, 0.15) is 43.5 Å². The third-order valence-electron chi connectivity index (χ3n) is 5.28. The average Bonchev–Trinajstić information content (AvgIpc) is 2.83. The zero-order chi connectivity index (χ0) is 23.6. The van der Waals surface area contributed by atoms with Gasteiger partial charge in [-0.05, 0) is 47.7 Å². The Labute approximate surface area is 196 Å². The number of aromatic nitrogens is 1. The van der Waals surface area contributed by atoms with Gasteiger partial charge in [-0.25, -0.2) is 0 Å². The monoisotopic (exact) mass is 446 g/mol. The SMILES string of the molecule is CN=C(NCc1ccc(Cn2ccccc2=O)cc1)NC(C)c1ccc(OCC(C)C)cc1. The third-order valence-corrected chi connectivity index (χ3v) is 5.28. The van der Waals surface area contributed by atoms with Gasteiger partial charge < -0.3 is 19.9 Å². The van der Waals surface area contributed by atoms with Crippen LogP contribution in [0.4, 0.5) is 0 Å². The van der Waals surface area contributed by atoms with Gasteiger partial charge in [0.25, 0.3) is 5.56 Å². The number of hydrogen-bond acceptors (Lipinski definition) is 3. The van der Waals surface area contributed by atoms with Gasteiger partial charge >= 0.3 is 0 Å². The van der Waals surface area contributed by atoms with Crippen LogP contribution in [0.15, 0.2) is 82.7 Å². The number of nitrogens with one attached hydrogen (secondary N) is 2. The van der Waals surface area contributed by atoms with Crippen molar-refractivity contribution in [1.29, 1.82) is 0 Å². The van der Waals surface area contributed by atoms with E-state index in [0.29, 0.717) is 19.0 Å². The van der Waals surface area contributed by atoms with Crippen LogP contribution in [0.5, 0.6) is 5.75 Å². The predicted molar refractivity (Wildman–Crippen MR) is 135 cm³/mol. The van der Waals surface area contributed by atoms with E-state index in [9.17, 15) is 4.79 Å². The highest BCUT2D eigenvalue weighted by Crippen LogP contribution is 2.18. The summed E-state index contributed by atoms with van der Waals surface area (Å²) >= 11 is 0. The van der Waals surface area contributed by atoms with Gasteiger partial charge in [0.1, 0.15) is 5.75 Å². The van der Waals surface area contributed by atoms with Crippen molar-refractivity contribution in [3.05, 3.63) is 100.0 Å². The number of benzene rings is 2. The lowest BCUT2D eigenvalue weighted by molar-refractivity contribution is 0.271. The fourth-order valence-corrected chi connectivity index (χ4v) is 3.33. The second-order valence-corrected chi connectivity index (χ2v) is 8.55. The van der Waals surface area contributed by atoms with Crippen LogP contribution < -0.4 is 20.9 Å². The molecule has 33 heavy (non-hydrogen) atoms. The molecule has 0 fully saturated rings. The molecule has 6 nitrogen and oxygen atoms in total. The summed E-state index contributed by atoms with van der Waals surface area (Å²) in [5.74, 6) is 2.13. The van der Waals surface area contributed by atoms with Crippen molar-refractivity contribution in [2.45, 2.75) is 39.9 Å². The summed E-state index contributed by atoms with van der Waals surface area (Å²) in [6, 6.07) is 21.7. The molecule has 3 rings (SSSR count). The van der Waals surface area contributed by atoms with Crippen molar-refractivity contribution in [3.8, 4) is 5.75 Å². The van der Waals surface area contributed by atoms with Crippen LogP contribution in [0.2, 0.25) is 0 Å². The second kappa shape index (κ2) is 11.9.